The number of carbonyl (C=O) groups excluding carboxylic acids is 1. The Bertz CT molecular complexity index is 764. The highest BCUT2D eigenvalue weighted by Gasteiger charge is 2.27. The molecular formula is C23H32N4O. The van der Waals surface area contributed by atoms with Gasteiger partial charge in [0.25, 0.3) is 0 Å². The zero-order valence-electron chi connectivity index (χ0n) is 17.2. The Balaban J connectivity index is 1.60. The van der Waals surface area contributed by atoms with Crippen molar-refractivity contribution in [1.82, 2.24) is 15.6 Å². The van der Waals surface area contributed by atoms with E-state index in [-0.39, 0.29) is 17.5 Å². The van der Waals surface area contributed by atoms with Crippen LogP contribution in [0, 0.1) is 5.41 Å². The second-order valence-electron chi connectivity index (χ2n) is 8.61. The number of rotatable bonds is 5. The zero-order valence-corrected chi connectivity index (χ0v) is 17.2. The molecule has 28 heavy (non-hydrogen) atoms. The molecule has 3 rings (SSSR count). The number of piperidine rings is 1. The summed E-state index contributed by atoms with van der Waals surface area (Å²) in [7, 11) is 0. The molecule has 1 aromatic carbocycles. The molecule has 1 aromatic heterocycles. The molecule has 1 saturated heterocycles. The lowest BCUT2D eigenvalue weighted by Crippen LogP contribution is -2.42. The summed E-state index contributed by atoms with van der Waals surface area (Å²) in [5.74, 6) is 1.01. The van der Waals surface area contributed by atoms with Crippen molar-refractivity contribution in [3.05, 3.63) is 59.8 Å². The number of anilines is 1. The van der Waals surface area contributed by atoms with E-state index in [1.165, 1.54) is 19.3 Å². The van der Waals surface area contributed by atoms with Crippen LogP contribution in [0.4, 0.5) is 10.6 Å². The number of carbonyl (C=O) groups is 1. The zero-order chi connectivity index (χ0) is 20.0. The number of hydrogen-bond donors (Lipinski definition) is 2. The number of amides is 2. The molecule has 1 aliphatic rings. The number of aromatic nitrogens is 1. The molecule has 2 aromatic rings. The Morgan fingerprint density at radius 1 is 1.11 bits per heavy atom. The minimum absolute atomic E-state index is 0.0601. The number of benzene rings is 1. The summed E-state index contributed by atoms with van der Waals surface area (Å²) in [6, 6.07) is 14.0. The minimum Gasteiger partial charge on any atom is -0.357 e. The second kappa shape index (κ2) is 9.09. The van der Waals surface area contributed by atoms with Crippen LogP contribution in [0.2, 0.25) is 0 Å². The summed E-state index contributed by atoms with van der Waals surface area (Å²) in [6.45, 7) is 9.03. The molecule has 5 heteroatoms. The summed E-state index contributed by atoms with van der Waals surface area (Å²) in [5, 5.41) is 6.15. The predicted octanol–water partition coefficient (Wildman–Crippen LogP) is 4.66. The summed E-state index contributed by atoms with van der Waals surface area (Å²) in [4.78, 5) is 19.4. The molecule has 2 amide bonds. The molecule has 0 saturated carbocycles. The van der Waals surface area contributed by atoms with Crippen molar-refractivity contribution in [3.63, 3.8) is 0 Å². The Kier molecular flexibility index (Phi) is 6.55. The third kappa shape index (κ3) is 5.47. The molecule has 2 heterocycles. The SMILES string of the molecule is CC(C)(C)C(NC(=O)NCc1ccnc(N2CCCCC2)c1)c1ccccc1. The van der Waals surface area contributed by atoms with Crippen LogP contribution >= 0.6 is 0 Å². The van der Waals surface area contributed by atoms with E-state index in [0.717, 1.165) is 30.0 Å². The van der Waals surface area contributed by atoms with Gasteiger partial charge in [-0.3, -0.25) is 0 Å². The van der Waals surface area contributed by atoms with Crippen LogP contribution in [0.15, 0.2) is 48.7 Å². The largest absolute Gasteiger partial charge is 0.357 e. The van der Waals surface area contributed by atoms with Gasteiger partial charge in [0.1, 0.15) is 5.82 Å². The topological polar surface area (TPSA) is 57.3 Å². The molecule has 0 spiro atoms. The molecule has 2 N–H and O–H groups in total. The van der Waals surface area contributed by atoms with Crippen LogP contribution in [-0.2, 0) is 6.54 Å². The van der Waals surface area contributed by atoms with Gasteiger partial charge in [-0.1, -0.05) is 51.1 Å². The molecule has 1 aliphatic heterocycles. The van der Waals surface area contributed by atoms with E-state index in [0.29, 0.717) is 6.54 Å². The molecule has 0 bridgehead atoms. The van der Waals surface area contributed by atoms with Crippen LogP contribution in [-0.4, -0.2) is 24.1 Å². The molecular weight excluding hydrogens is 348 g/mol. The highest BCUT2D eigenvalue weighted by atomic mass is 16.2. The number of hydrogen-bond acceptors (Lipinski definition) is 3. The maximum atomic E-state index is 12.6. The van der Waals surface area contributed by atoms with Crippen molar-refractivity contribution >= 4 is 11.8 Å². The third-order valence-corrected chi connectivity index (χ3v) is 5.22. The Labute approximate surface area is 168 Å². The summed E-state index contributed by atoms with van der Waals surface area (Å²) in [6.07, 6.45) is 5.58. The van der Waals surface area contributed by atoms with E-state index < -0.39 is 0 Å². The van der Waals surface area contributed by atoms with Gasteiger partial charge in [0.15, 0.2) is 0 Å². The molecule has 0 aliphatic carbocycles. The first kappa shape index (κ1) is 20.2. The molecule has 5 nitrogen and oxygen atoms in total. The van der Waals surface area contributed by atoms with E-state index in [9.17, 15) is 4.79 Å². The normalized spacial score (nSPS) is 15.8. The molecule has 1 atom stereocenters. The maximum absolute atomic E-state index is 12.6. The lowest BCUT2D eigenvalue weighted by Gasteiger charge is -2.32. The van der Waals surface area contributed by atoms with Gasteiger partial charge in [-0.05, 0) is 47.9 Å². The van der Waals surface area contributed by atoms with Crippen molar-refractivity contribution in [2.75, 3.05) is 18.0 Å². The molecule has 150 valence electrons. The van der Waals surface area contributed by atoms with Gasteiger partial charge in [-0.2, -0.15) is 0 Å². The Morgan fingerprint density at radius 3 is 2.50 bits per heavy atom. The van der Waals surface area contributed by atoms with E-state index in [4.69, 9.17) is 0 Å². The predicted molar refractivity (Wildman–Crippen MR) is 114 cm³/mol. The van der Waals surface area contributed by atoms with Gasteiger partial charge in [0, 0.05) is 25.8 Å². The van der Waals surface area contributed by atoms with Crippen molar-refractivity contribution in [3.8, 4) is 0 Å². The molecule has 1 fully saturated rings. The van der Waals surface area contributed by atoms with Crippen molar-refractivity contribution < 1.29 is 4.79 Å². The van der Waals surface area contributed by atoms with E-state index in [1.54, 1.807) is 0 Å². The van der Waals surface area contributed by atoms with Crippen LogP contribution < -0.4 is 15.5 Å². The average molecular weight is 381 g/mol. The van der Waals surface area contributed by atoms with Gasteiger partial charge >= 0.3 is 6.03 Å². The van der Waals surface area contributed by atoms with Crippen LogP contribution in [0.5, 0.6) is 0 Å². The number of pyridine rings is 1. The summed E-state index contributed by atoms with van der Waals surface area (Å²) < 4.78 is 0. The van der Waals surface area contributed by atoms with E-state index in [1.807, 2.05) is 30.5 Å². The van der Waals surface area contributed by atoms with Crippen molar-refractivity contribution in [2.45, 2.75) is 52.6 Å². The lowest BCUT2D eigenvalue weighted by molar-refractivity contribution is 0.218. The standard InChI is InChI=1S/C23H32N4O/c1-23(2,3)21(19-10-6-4-7-11-19)26-22(28)25-17-18-12-13-24-20(16-18)27-14-8-5-9-15-27/h4,6-7,10-13,16,21H,5,8-9,14-15,17H2,1-3H3,(H2,25,26,28). The Morgan fingerprint density at radius 2 is 1.82 bits per heavy atom. The summed E-state index contributed by atoms with van der Waals surface area (Å²) >= 11 is 0. The first-order valence-corrected chi connectivity index (χ1v) is 10.2. The fraction of sp³-hybridized carbons (Fsp3) is 0.478. The smallest absolute Gasteiger partial charge is 0.315 e. The first-order valence-electron chi connectivity index (χ1n) is 10.2. The average Bonchev–Trinajstić information content (AvgIpc) is 2.71. The van der Waals surface area contributed by atoms with Gasteiger partial charge in [-0.25, -0.2) is 9.78 Å². The highest BCUT2D eigenvalue weighted by molar-refractivity contribution is 5.74. The van der Waals surface area contributed by atoms with E-state index >= 15 is 0 Å². The van der Waals surface area contributed by atoms with E-state index in [2.05, 4.69) is 59.5 Å². The summed E-state index contributed by atoms with van der Waals surface area (Å²) in [5.41, 5.74) is 2.09. The number of urea groups is 1. The lowest BCUT2D eigenvalue weighted by atomic mass is 9.82. The van der Waals surface area contributed by atoms with Crippen LogP contribution in [0.3, 0.4) is 0 Å². The highest BCUT2D eigenvalue weighted by Crippen LogP contribution is 2.32. The monoisotopic (exact) mass is 380 g/mol. The number of nitrogens with zero attached hydrogens (tertiary/aromatic N) is 2. The van der Waals surface area contributed by atoms with Crippen molar-refractivity contribution in [1.29, 1.82) is 0 Å². The second-order valence-corrected chi connectivity index (χ2v) is 8.61. The van der Waals surface area contributed by atoms with Crippen LogP contribution in [0.1, 0.15) is 57.2 Å². The fourth-order valence-electron chi connectivity index (χ4n) is 3.68. The van der Waals surface area contributed by atoms with Crippen LogP contribution in [0.25, 0.3) is 0 Å². The minimum atomic E-state index is -0.153. The molecule has 1 unspecified atom stereocenters. The third-order valence-electron chi connectivity index (χ3n) is 5.22. The molecule has 0 radical (unpaired) electrons. The van der Waals surface area contributed by atoms with Crippen molar-refractivity contribution in [2.24, 2.45) is 5.41 Å². The van der Waals surface area contributed by atoms with Gasteiger partial charge in [0.05, 0.1) is 6.04 Å². The van der Waals surface area contributed by atoms with Gasteiger partial charge in [0.2, 0.25) is 0 Å². The van der Waals surface area contributed by atoms with Gasteiger partial charge < -0.3 is 15.5 Å². The quantitative estimate of drug-likeness (QED) is 0.793. The first-order chi connectivity index (χ1) is 13.4. The van der Waals surface area contributed by atoms with Gasteiger partial charge in [-0.15, -0.1) is 0 Å². The fourth-order valence-corrected chi connectivity index (χ4v) is 3.68. The number of nitrogens with one attached hydrogen (secondary N) is 2. The maximum Gasteiger partial charge on any atom is 0.315 e. The Hall–Kier alpha value is -2.56.